The molecule has 6 heteroatoms. The van der Waals surface area contributed by atoms with Crippen LogP contribution >= 0.6 is 11.6 Å². The Morgan fingerprint density at radius 2 is 2.25 bits per heavy atom. The van der Waals surface area contributed by atoms with Crippen molar-refractivity contribution >= 4 is 17.4 Å². The standard InChI is InChI=1S/C10H11ClN4O/c1-7-13-10(16-15-7)5-6-12-9-4-2-3-8(11)14-9/h2-4H,5-6H2,1H3,(H,12,14). The minimum Gasteiger partial charge on any atom is -0.370 e. The minimum absolute atomic E-state index is 0.471. The van der Waals surface area contributed by atoms with Crippen LogP contribution in [0.1, 0.15) is 11.7 Å². The zero-order valence-electron chi connectivity index (χ0n) is 8.77. The molecule has 0 aromatic carbocycles. The lowest BCUT2D eigenvalue weighted by atomic mass is 10.4. The highest BCUT2D eigenvalue weighted by Crippen LogP contribution is 2.09. The molecule has 0 fully saturated rings. The van der Waals surface area contributed by atoms with Crippen molar-refractivity contribution < 1.29 is 4.52 Å². The summed E-state index contributed by atoms with van der Waals surface area (Å²) in [5.74, 6) is 2.01. The van der Waals surface area contributed by atoms with Crippen molar-refractivity contribution in [3.63, 3.8) is 0 Å². The number of hydrogen-bond donors (Lipinski definition) is 1. The van der Waals surface area contributed by atoms with Gasteiger partial charge in [0.1, 0.15) is 11.0 Å². The molecule has 5 nitrogen and oxygen atoms in total. The van der Waals surface area contributed by atoms with Crippen LogP contribution in [0.15, 0.2) is 22.7 Å². The average Bonchev–Trinajstić information content (AvgIpc) is 2.64. The molecule has 0 amide bonds. The van der Waals surface area contributed by atoms with E-state index in [2.05, 4.69) is 20.4 Å². The van der Waals surface area contributed by atoms with Crippen LogP contribution in [0.3, 0.4) is 0 Å². The number of nitrogens with one attached hydrogen (secondary N) is 1. The van der Waals surface area contributed by atoms with E-state index in [1.54, 1.807) is 13.0 Å². The molecule has 16 heavy (non-hydrogen) atoms. The van der Waals surface area contributed by atoms with Gasteiger partial charge in [-0.3, -0.25) is 0 Å². The van der Waals surface area contributed by atoms with Gasteiger partial charge in [0.25, 0.3) is 0 Å². The van der Waals surface area contributed by atoms with Gasteiger partial charge in [0.05, 0.1) is 0 Å². The summed E-state index contributed by atoms with van der Waals surface area (Å²) in [7, 11) is 0. The lowest BCUT2D eigenvalue weighted by Gasteiger charge is -2.02. The number of halogens is 1. The second-order valence-corrected chi connectivity index (χ2v) is 3.64. The molecule has 2 heterocycles. The Labute approximate surface area is 97.8 Å². The van der Waals surface area contributed by atoms with Crippen LogP contribution in [0.4, 0.5) is 5.82 Å². The molecular formula is C10H11ClN4O. The molecule has 0 atom stereocenters. The number of rotatable bonds is 4. The van der Waals surface area contributed by atoms with Gasteiger partial charge in [0, 0.05) is 13.0 Å². The van der Waals surface area contributed by atoms with Crippen molar-refractivity contribution in [2.75, 3.05) is 11.9 Å². The zero-order chi connectivity index (χ0) is 11.4. The van der Waals surface area contributed by atoms with E-state index < -0.39 is 0 Å². The van der Waals surface area contributed by atoms with E-state index in [9.17, 15) is 0 Å². The van der Waals surface area contributed by atoms with Gasteiger partial charge < -0.3 is 9.84 Å². The zero-order valence-corrected chi connectivity index (χ0v) is 9.53. The van der Waals surface area contributed by atoms with Gasteiger partial charge in [-0.25, -0.2) is 4.98 Å². The molecule has 0 aliphatic rings. The van der Waals surface area contributed by atoms with Crippen molar-refractivity contribution in [3.8, 4) is 0 Å². The molecule has 0 spiro atoms. The number of aromatic nitrogens is 3. The second kappa shape index (κ2) is 4.94. The highest BCUT2D eigenvalue weighted by Gasteiger charge is 2.02. The summed E-state index contributed by atoms with van der Waals surface area (Å²) >= 11 is 5.75. The maximum Gasteiger partial charge on any atom is 0.228 e. The first-order valence-corrected chi connectivity index (χ1v) is 5.27. The van der Waals surface area contributed by atoms with Crippen LogP contribution < -0.4 is 5.32 Å². The monoisotopic (exact) mass is 238 g/mol. The molecule has 0 saturated carbocycles. The Bertz CT molecular complexity index is 471. The third kappa shape index (κ3) is 2.93. The number of hydrogen-bond acceptors (Lipinski definition) is 5. The first kappa shape index (κ1) is 10.9. The predicted molar refractivity (Wildman–Crippen MR) is 60.5 cm³/mol. The molecule has 2 aromatic rings. The summed E-state index contributed by atoms with van der Waals surface area (Å²) in [6, 6.07) is 5.42. The Morgan fingerprint density at radius 3 is 2.94 bits per heavy atom. The lowest BCUT2D eigenvalue weighted by Crippen LogP contribution is -2.06. The van der Waals surface area contributed by atoms with E-state index in [0.29, 0.717) is 29.8 Å². The molecule has 0 aliphatic carbocycles. The lowest BCUT2D eigenvalue weighted by molar-refractivity contribution is 0.377. The van der Waals surface area contributed by atoms with Gasteiger partial charge >= 0.3 is 0 Å². The quantitative estimate of drug-likeness (QED) is 0.827. The van der Waals surface area contributed by atoms with Crippen LogP contribution in [-0.4, -0.2) is 21.7 Å². The molecular weight excluding hydrogens is 228 g/mol. The molecule has 0 unspecified atom stereocenters. The van der Waals surface area contributed by atoms with Gasteiger partial charge in [-0.2, -0.15) is 4.98 Å². The summed E-state index contributed by atoms with van der Waals surface area (Å²) in [4.78, 5) is 8.19. The summed E-state index contributed by atoms with van der Waals surface area (Å²) in [5, 5.41) is 7.30. The SMILES string of the molecule is Cc1noc(CCNc2cccc(Cl)n2)n1. The van der Waals surface area contributed by atoms with Crippen LogP contribution in [0.2, 0.25) is 5.15 Å². The van der Waals surface area contributed by atoms with Gasteiger partial charge in [0.2, 0.25) is 5.89 Å². The van der Waals surface area contributed by atoms with E-state index in [-0.39, 0.29) is 0 Å². The van der Waals surface area contributed by atoms with Gasteiger partial charge in [0.15, 0.2) is 5.82 Å². The van der Waals surface area contributed by atoms with Gasteiger partial charge in [-0.05, 0) is 19.1 Å². The minimum atomic E-state index is 0.471. The largest absolute Gasteiger partial charge is 0.370 e. The van der Waals surface area contributed by atoms with Crippen LogP contribution in [-0.2, 0) is 6.42 Å². The first-order chi connectivity index (χ1) is 7.74. The van der Waals surface area contributed by atoms with Crippen LogP contribution in [0.25, 0.3) is 0 Å². The number of aryl methyl sites for hydroxylation is 1. The highest BCUT2D eigenvalue weighted by molar-refractivity contribution is 6.29. The fraction of sp³-hybridized carbons (Fsp3) is 0.300. The maximum atomic E-state index is 5.75. The number of anilines is 1. The molecule has 2 aromatic heterocycles. The Balaban J connectivity index is 1.84. The summed E-state index contributed by atoms with van der Waals surface area (Å²) in [6.07, 6.45) is 0.662. The third-order valence-electron chi connectivity index (χ3n) is 1.93. The highest BCUT2D eigenvalue weighted by atomic mass is 35.5. The van der Waals surface area contributed by atoms with Crippen LogP contribution in [0.5, 0.6) is 0 Å². The molecule has 2 rings (SSSR count). The van der Waals surface area contributed by atoms with E-state index in [0.717, 1.165) is 5.82 Å². The predicted octanol–water partition coefficient (Wildman–Crippen LogP) is 2.08. The van der Waals surface area contributed by atoms with Gasteiger partial charge in [-0.1, -0.05) is 22.8 Å². The van der Waals surface area contributed by atoms with Gasteiger partial charge in [-0.15, -0.1) is 0 Å². The van der Waals surface area contributed by atoms with E-state index in [1.165, 1.54) is 0 Å². The second-order valence-electron chi connectivity index (χ2n) is 3.26. The summed E-state index contributed by atoms with van der Waals surface area (Å²) in [5.41, 5.74) is 0. The summed E-state index contributed by atoms with van der Waals surface area (Å²) in [6.45, 7) is 2.47. The normalized spacial score (nSPS) is 10.4. The summed E-state index contributed by atoms with van der Waals surface area (Å²) < 4.78 is 4.98. The number of pyridine rings is 1. The van der Waals surface area contributed by atoms with E-state index in [1.807, 2.05) is 12.1 Å². The van der Waals surface area contributed by atoms with Crippen molar-refractivity contribution in [1.82, 2.24) is 15.1 Å². The Hall–Kier alpha value is -1.62. The Kier molecular flexibility index (Phi) is 3.36. The van der Waals surface area contributed by atoms with Crippen molar-refractivity contribution in [3.05, 3.63) is 35.1 Å². The van der Waals surface area contributed by atoms with Crippen molar-refractivity contribution in [1.29, 1.82) is 0 Å². The van der Waals surface area contributed by atoms with Crippen molar-refractivity contribution in [2.24, 2.45) is 0 Å². The maximum absolute atomic E-state index is 5.75. The molecule has 0 bridgehead atoms. The Morgan fingerprint density at radius 1 is 1.38 bits per heavy atom. The molecule has 0 radical (unpaired) electrons. The average molecular weight is 239 g/mol. The third-order valence-corrected chi connectivity index (χ3v) is 2.14. The van der Waals surface area contributed by atoms with Crippen molar-refractivity contribution in [2.45, 2.75) is 13.3 Å². The smallest absolute Gasteiger partial charge is 0.228 e. The van der Waals surface area contributed by atoms with E-state index in [4.69, 9.17) is 16.1 Å². The fourth-order valence-corrected chi connectivity index (χ4v) is 1.41. The molecule has 0 saturated heterocycles. The fourth-order valence-electron chi connectivity index (χ4n) is 1.25. The molecule has 84 valence electrons. The van der Waals surface area contributed by atoms with Crippen LogP contribution in [0, 0.1) is 6.92 Å². The first-order valence-electron chi connectivity index (χ1n) is 4.89. The van der Waals surface area contributed by atoms with E-state index >= 15 is 0 Å². The molecule has 1 N–H and O–H groups in total. The number of nitrogens with zero attached hydrogens (tertiary/aromatic N) is 3. The topological polar surface area (TPSA) is 63.8 Å². The molecule has 0 aliphatic heterocycles.